The maximum absolute atomic E-state index is 13.3. The van der Waals surface area contributed by atoms with Crippen molar-refractivity contribution in [2.24, 2.45) is 0 Å². The van der Waals surface area contributed by atoms with Crippen LogP contribution in [-0.2, 0) is 16.1 Å². The molecule has 1 saturated heterocycles. The average Bonchev–Trinajstić information content (AvgIpc) is 3.17. The van der Waals surface area contributed by atoms with Gasteiger partial charge in [-0.1, -0.05) is 16.8 Å². The summed E-state index contributed by atoms with van der Waals surface area (Å²) in [7, 11) is 0. The van der Waals surface area contributed by atoms with Crippen LogP contribution < -0.4 is 4.90 Å². The van der Waals surface area contributed by atoms with Crippen LogP contribution in [0.15, 0.2) is 48.7 Å². The van der Waals surface area contributed by atoms with Crippen molar-refractivity contribution in [2.45, 2.75) is 6.54 Å². The normalized spacial score (nSPS) is 14.6. The van der Waals surface area contributed by atoms with Crippen molar-refractivity contribution in [1.82, 2.24) is 19.9 Å². The van der Waals surface area contributed by atoms with Gasteiger partial charge in [0.05, 0.1) is 23.5 Å². The van der Waals surface area contributed by atoms with E-state index in [1.165, 1.54) is 56.9 Å². The van der Waals surface area contributed by atoms with Crippen LogP contribution in [0.25, 0.3) is 5.69 Å². The molecule has 1 fully saturated rings. The zero-order valence-electron chi connectivity index (χ0n) is 14.9. The van der Waals surface area contributed by atoms with E-state index in [9.17, 15) is 18.4 Å². The number of halogens is 3. The van der Waals surface area contributed by atoms with Gasteiger partial charge >= 0.3 is 11.8 Å². The topological polar surface area (TPSA) is 71.3 Å². The Kier molecular flexibility index (Phi) is 4.98. The fraction of sp³-hybridized carbons (Fsp3) is 0.158. The summed E-state index contributed by atoms with van der Waals surface area (Å²) >= 11 is 5.78. The Hall–Kier alpha value is -3.33. The van der Waals surface area contributed by atoms with E-state index in [-0.39, 0.29) is 24.7 Å². The van der Waals surface area contributed by atoms with Gasteiger partial charge in [0.15, 0.2) is 0 Å². The third-order valence-electron chi connectivity index (χ3n) is 4.51. The first-order chi connectivity index (χ1) is 13.9. The maximum atomic E-state index is 13.3. The van der Waals surface area contributed by atoms with Gasteiger partial charge < -0.3 is 9.80 Å². The van der Waals surface area contributed by atoms with Gasteiger partial charge in [0.25, 0.3) is 0 Å². The first kappa shape index (κ1) is 19.0. The van der Waals surface area contributed by atoms with Crippen molar-refractivity contribution >= 4 is 29.1 Å². The molecule has 0 bridgehead atoms. The Morgan fingerprint density at radius 2 is 1.69 bits per heavy atom. The predicted molar refractivity (Wildman–Crippen MR) is 100 cm³/mol. The molecular formula is C19H14ClF2N5O2. The summed E-state index contributed by atoms with van der Waals surface area (Å²) in [6.45, 7) is 0.659. The van der Waals surface area contributed by atoms with Gasteiger partial charge in [0.2, 0.25) is 0 Å². The van der Waals surface area contributed by atoms with Crippen LogP contribution in [0.4, 0.5) is 14.5 Å². The van der Waals surface area contributed by atoms with Crippen molar-refractivity contribution in [2.75, 3.05) is 18.0 Å². The molecule has 2 aromatic carbocycles. The first-order valence-corrected chi connectivity index (χ1v) is 9.03. The highest BCUT2D eigenvalue weighted by molar-refractivity contribution is 6.40. The number of aromatic nitrogens is 3. The lowest BCUT2D eigenvalue weighted by atomic mass is 10.2. The second-order valence-corrected chi connectivity index (χ2v) is 6.82. The van der Waals surface area contributed by atoms with Crippen molar-refractivity contribution in [3.8, 4) is 5.69 Å². The van der Waals surface area contributed by atoms with E-state index in [0.717, 1.165) is 0 Å². The highest BCUT2D eigenvalue weighted by atomic mass is 35.5. The SMILES string of the molecule is O=C1C(=O)N(c2ccc(F)cc2)CCN1Cc1cn(-c2ccc(F)c(Cl)c2)nn1. The van der Waals surface area contributed by atoms with E-state index in [1.54, 1.807) is 6.20 Å². The molecule has 0 unspecified atom stereocenters. The summed E-state index contributed by atoms with van der Waals surface area (Å²) in [6.07, 6.45) is 1.58. The van der Waals surface area contributed by atoms with Crippen LogP contribution >= 0.6 is 11.6 Å². The monoisotopic (exact) mass is 417 g/mol. The zero-order chi connectivity index (χ0) is 20.5. The fourth-order valence-corrected chi connectivity index (χ4v) is 3.19. The molecule has 0 N–H and O–H groups in total. The third kappa shape index (κ3) is 3.81. The summed E-state index contributed by atoms with van der Waals surface area (Å²) in [5, 5.41) is 7.91. The standard InChI is InChI=1S/C19H14ClF2N5O2/c20-16-9-15(5-6-17(16)22)27-11-13(23-24-27)10-25-7-8-26(19(29)18(25)28)14-3-1-12(21)2-4-14/h1-6,9,11H,7-8,10H2. The lowest BCUT2D eigenvalue weighted by Gasteiger charge is -2.33. The molecule has 2 amide bonds. The molecule has 0 aliphatic carbocycles. The quantitative estimate of drug-likeness (QED) is 0.612. The highest BCUT2D eigenvalue weighted by Crippen LogP contribution is 2.21. The van der Waals surface area contributed by atoms with Gasteiger partial charge in [-0.3, -0.25) is 9.59 Å². The van der Waals surface area contributed by atoms with E-state index in [1.807, 2.05) is 0 Å². The minimum absolute atomic E-state index is 0.0442. The van der Waals surface area contributed by atoms with E-state index < -0.39 is 23.4 Å². The van der Waals surface area contributed by atoms with Crippen LogP contribution in [0.2, 0.25) is 5.02 Å². The van der Waals surface area contributed by atoms with E-state index >= 15 is 0 Å². The Labute approximate surface area is 169 Å². The lowest BCUT2D eigenvalue weighted by Crippen LogP contribution is -2.54. The highest BCUT2D eigenvalue weighted by Gasteiger charge is 2.33. The van der Waals surface area contributed by atoms with Gasteiger partial charge in [-0.25, -0.2) is 13.5 Å². The van der Waals surface area contributed by atoms with Crippen molar-refractivity contribution in [1.29, 1.82) is 0 Å². The number of piperazine rings is 1. The molecule has 3 aromatic rings. The van der Waals surface area contributed by atoms with E-state index in [0.29, 0.717) is 17.1 Å². The number of benzene rings is 2. The first-order valence-electron chi connectivity index (χ1n) is 8.65. The second-order valence-electron chi connectivity index (χ2n) is 6.41. The van der Waals surface area contributed by atoms with E-state index in [2.05, 4.69) is 10.3 Å². The number of anilines is 1. The summed E-state index contributed by atoms with van der Waals surface area (Å²) in [5.74, 6) is -2.34. The Bertz CT molecular complexity index is 1090. The molecule has 7 nitrogen and oxygen atoms in total. The third-order valence-corrected chi connectivity index (χ3v) is 4.80. The van der Waals surface area contributed by atoms with Crippen LogP contribution in [0.1, 0.15) is 5.69 Å². The molecular weight excluding hydrogens is 404 g/mol. The Balaban J connectivity index is 1.46. The molecule has 29 heavy (non-hydrogen) atoms. The van der Waals surface area contributed by atoms with Gasteiger partial charge in [-0.2, -0.15) is 0 Å². The Morgan fingerprint density at radius 1 is 0.966 bits per heavy atom. The van der Waals surface area contributed by atoms with Crippen LogP contribution in [-0.4, -0.2) is 44.8 Å². The molecule has 4 rings (SSSR count). The number of carbonyl (C=O) groups is 2. The van der Waals surface area contributed by atoms with Crippen LogP contribution in [0.3, 0.4) is 0 Å². The van der Waals surface area contributed by atoms with Crippen molar-refractivity contribution in [3.63, 3.8) is 0 Å². The molecule has 1 aliphatic heterocycles. The molecule has 1 aliphatic rings. The maximum Gasteiger partial charge on any atom is 0.316 e. The van der Waals surface area contributed by atoms with E-state index in [4.69, 9.17) is 11.6 Å². The number of hydrogen-bond acceptors (Lipinski definition) is 4. The summed E-state index contributed by atoms with van der Waals surface area (Å²) in [4.78, 5) is 27.6. The molecule has 0 spiro atoms. The number of amides is 2. The molecule has 0 radical (unpaired) electrons. The second kappa shape index (κ2) is 7.59. The van der Waals surface area contributed by atoms with Gasteiger partial charge in [0.1, 0.15) is 17.3 Å². The van der Waals surface area contributed by atoms with Gasteiger partial charge in [-0.05, 0) is 42.5 Å². The smallest absolute Gasteiger partial charge is 0.316 e. The summed E-state index contributed by atoms with van der Waals surface area (Å²) in [5.41, 5.74) is 1.43. The number of carbonyl (C=O) groups excluding carboxylic acids is 2. The Morgan fingerprint density at radius 3 is 2.41 bits per heavy atom. The zero-order valence-corrected chi connectivity index (χ0v) is 15.7. The van der Waals surface area contributed by atoms with Crippen LogP contribution in [0, 0.1) is 11.6 Å². The lowest BCUT2D eigenvalue weighted by molar-refractivity contribution is -0.146. The fourth-order valence-electron chi connectivity index (χ4n) is 3.01. The van der Waals surface area contributed by atoms with Gasteiger partial charge in [0, 0.05) is 18.8 Å². The molecule has 0 atom stereocenters. The molecule has 0 saturated carbocycles. The van der Waals surface area contributed by atoms with Crippen molar-refractivity contribution in [3.05, 3.63) is 71.0 Å². The number of nitrogens with zero attached hydrogens (tertiary/aromatic N) is 5. The molecule has 10 heteroatoms. The number of rotatable bonds is 4. The van der Waals surface area contributed by atoms with Crippen LogP contribution in [0.5, 0.6) is 0 Å². The van der Waals surface area contributed by atoms with Crippen molar-refractivity contribution < 1.29 is 18.4 Å². The average molecular weight is 418 g/mol. The summed E-state index contributed by atoms with van der Waals surface area (Å²) < 4.78 is 27.8. The minimum atomic E-state index is -0.694. The molecule has 2 heterocycles. The molecule has 1 aromatic heterocycles. The largest absolute Gasteiger partial charge is 0.327 e. The van der Waals surface area contributed by atoms with Gasteiger partial charge in [-0.15, -0.1) is 5.10 Å². The number of hydrogen-bond donors (Lipinski definition) is 0. The minimum Gasteiger partial charge on any atom is -0.327 e. The summed E-state index contributed by atoms with van der Waals surface area (Å²) in [6, 6.07) is 9.50. The predicted octanol–water partition coefficient (Wildman–Crippen LogP) is 2.57. The molecule has 148 valence electrons.